The van der Waals surface area contributed by atoms with Crippen LogP contribution in [0.1, 0.15) is 16.7 Å². The van der Waals surface area contributed by atoms with Crippen LogP contribution in [0.5, 0.6) is 0 Å². The zero-order valence-corrected chi connectivity index (χ0v) is 15.2. The molecule has 2 aromatic carbocycles. The molecule has 0 aliphatic rings. The van der Waals surface area contributed by atoms with Crippen LogP contribution in [0.3, 0.4) is 0 Å². The lowest BCUT2D eigenvalue weighted by Gasteiger charge is -2.07. The van der Waals surface area contributed by atoms with Gasteiger partial charge in [-0.1, -0.05) is 41.4 Å². The Morgan fingerprint density at radius 3 is 2.04 bits per heavy atom. The summed E-state index contributed by atoms with van der Waals surface area (Å²) in [6.07, 6.45) is 3.50. The summed E-state index contributed by atoms with van der Waals surface area (Å²) in [6.45, 7) is 4.13. The van der Waals surface area contributed by atoms with Crippen molar-refractivity contribution < 1.29 is 0 Å². The van der Waals surface area contributed by atoms with Crippen LogP contribution < -0.4 is 0 Å². The van der Waals surface area contributed by atoms with Gasteiger partial charge in [0.25, 0.3) is 0 Å². The van der Waals surface area contributed by atoms with Crippen LogP contribution in [0.25, 0.3) is 0 Å². The van der Waals surface area contributed by atoms with Crippen molar-refractivity contribution in [1.29, 1.82) is 0 Å². The molecule has 0 N–H and O–H groups in total. The number of halogens is 2. The van der Waals surface area contributed by atoms with Gasteiger partial charge in [-0.3, -0.25) is 4.99 Å². The van der Waals surface area contributed by atoms with Gasteiger partial charge in [0, 0.05) is 20.3 Å². The highest BCUT2D eigenvalue weighted by Gasteiger charge is 2.07. The Bertz CT molecular complexity index is 722. The Morgan fingerprint density at radius 2 is 1.52 bits per heavy atom. The first-order valence-electron chi connectivity index (χ1n) is 7.18. The van der Waals surface area contributed by atoms with Gasteiger partial charge >= 0.3 is 0 Å². The van der Waals surface area contributed by atoms with Crippen molar-refractivity contribution >= 4 is 47.1 Å². The molecule has 3 nitrogen and oxygen atoms in total. The van der Waals surface area contributed by atoms with Gasteiger partial charge < -0.3 is 4.90 Å². The molecule has 120 valence electrons. The van der Waals surface area contributed by atoms with Gasteiger partial charge in [-0.2, -0.15) is 0 Å². The molecule has 2 aromatic rings. The molecule has 0 amide bonds. The minimum Gasteiger partial charge on any atom is -0.369 e. The first kappa shape index (κ1) is 17.5. The Morgan fingerprint density at radius 1 is 0.957 bits per heavy atom. The molecule has 0 unspecified atom stereocenters. The summed E-state index contributed by atoms with van der Waals surface area (Å²) in [5.41, 5.74) is 4.71. The third-order valence-corrected chi connectivity index (χ3v) is 3.88. The van der Waals surface area contributed by atoms with Crippen LogP contribution in [0.15, 0.2) is 40.3 Å². The van der Waals surface area contributed by atoms with Crippen molar-refractivity contribution in [3.63, 3.8) is 0 Å². The molecule has 0 heterocycles. The number of benzene rings is 2. The molecular weight excluding hydrogens is 329 g/mol. The number of rotatable bonds is 4. The molecule has 0 bridgehead atoms. The average molecular weight is 348 g/mol. The van der Waals surface area contributed by atoms with Crippen molar-refractivity contribution in [3.05, 3.63) is 57.1 Å². The lowest BCUT2D eigenvalue weighted by Crippen LogP contribution is -2.07. The maximum absolute atomic E-state index is 6.27. The Labute approximate surface area is 147 Å². The molecule has 0 atom stereocenters. The normalized spacial score (nSPS) is 11.6. The zero-order chi connectivity index (χ0) is 17.0. The summed E-state index contributed by atoms with van der Waals surface area (Å²) in [7, 11) is 3.77. The highest BCUT2D eigenvalue weighted by atomic mass is 35.5. The Balaban J connectivity index is 2.34. The van der Waals surface area contributed by atoms with E-state index in [-0.39, 0.29) is 0 Å². The highest BCUT2D eigenvalue weighted by Crippen LogP contribution is 2.37. The van der Waals surface area contributed by atoms with Crippen LogP contribution in [0.2, 0.25) is 10.0 Å². The molecule has 0 aromatic heterocycles. The predicted octanol–water partition coefficient (Wildman–Crippen LogP) is 5.58. The van der Waals surface area contributed by atoms with Crippen LogP contribution in [0.4, 0.5) is 11.4 Å². The summed E-state index contributed by atoms with van der Waals surface area (Å²) in [5, 5.41) is 0.952. The van der Waals surface area contributed by atoms with E-state index in [1.807, 2.05) is 31.3 Å². The summed E-state index contributed by atoms with van der Waals surface area (Å²) < 4.78 is 0. The van der Waals surface area contributed by atoms with Gasteiger partial charge in [-0.25, -0.2) is 4.99 Å². The van der Waals surface area contributed by atoms with Gasteiger partial charge in [0.05, 0.1) is 22.1 Å². The number of hydrogen-bond acceptors (Lipinski definition) is 2. The average Bonchev–Trinajstić information content (AvgIpc) is 2.45. The van der Waals surface area contributed by atoms with Gasteiger partial charge in [0.1, 0.15) is 5.69 Å². The molecule has 0 saturated heterocycles. The highest BCUT2D eigenvalue weighted by molar-refractivity contribution is 6.39. The second kappa shape index (κ2) is 7.62. The monoisotopic (exact) mass is 347 g/mol. The van der Waals surface area contributed by atoms with Crippen molar-refractivity contribution in [3.8, 4) is 0 Å². The fourth-order valence-corrected chi connectivity index (χ4v) is 2.67. The molecule has 5 heteroatoms. The van der Waals surface area contributed by atoms with Gasteiger partial charge in [-0.05, 0) is 42.7 Å². The minimum absolute atomic E-state index is 0.476. The van der Waals surface area contributed by atoms with E-state index in [0.717, 1.165) is 5.56 Å². The van der Waals surface area contributed by atoms with E-state index in [0.29, 0.717) is 21.4 Å². The largest absolute Gasteiger partial charge is 0.369 e. The summed E-state index contributed by atoms with van der Waals surface area (Å²) in [4.78, 5) is 10.6. The summed E-state index contributed by atoms with van der Waals surface area (Å²) in [5.74, 6) is 0. The van der Waals surface area contributed by atoms with Crippen LogP contribution in [0, 0.1) is 13.8 Å². The van der Waals surface area contributed by atoms with E-state index in [9.17, 15) is 0 Å². The van der Waals surface area contributed by atoms with E-state index < -0.39 is 0 Å². The first-order chi connectivity index (χ1) is 10.9. The maximum Gasteiger partial charge on any atom is 0.102 e. The first-order valence-corrected chi connectivity index (χ1v) is 7.94. The van der Waals surface area contributed by atoms with Crippen molar-refractivity contribution in [2.24, 2.45) is 9.98 Å². The molecule has 0 spiro atoms. The zero-order valence-electron chi connectivity index (χ0n) is 13.6. The molecule has 0 fully saturated rings. The van der Waals surface area contributed by atoms with Gasteiger partial charge in [-0.15, -0.1) is 0 Å². The van der Waals surface area contributed by atoms with Crippen molar-refractivity contribution in [2.75, 3.05) is 14.1 Å². The SMILES string of the molecule is Cc1cccc(C)c1/C=N/c1cc(Cl)c(/N=C\N(C)C)c(Cl)c1. The summed E-state index contributed by atoms with van der Waals surface area (Å²) in [6, 6.07) is 9.69. The number of nitrogens with zero attached hydrogens (tertiary/aromatic N) is 3. The molecule has 2 rings (SSSR count). The molecule has 0 aliphatic heterocycles. The number of hydrogen-bond donors (Lipinski definition) is 0. The van der Waals surface area contributed by atoms with E-state index in [4.69, 9.17) is 23.2 Å². The third-order valence-electron chi connectivity index (χ3n) is 3.30. The Kier molecular flexibility index (Phi) is 5.80. The fourth-order valence-electron chi connectivity index (χ4n) is 2.09. The smallest absolute Gasteiger partial charge is 0.102 e. The molecule has 0 radical (unpaired) electrons. The number of aryl methyl sites for hydroxylation is 2. The standard InChI is InChI=1S/C18H19Cl2N3/c1-12-6-5-7-13(2)15(12)10-21-14-8-16(19)18(17(20)9-14)22-11-23(3)4/h5-11H,1-4H3/b21-10+,22-11-. The second-order valence-corrected chi connectivity index (χ2v) is 6.34. The minimum atomic E-state index is 0.476. The van der Waals surface area contributed by atoms with Crippen LogP contribution in [-0.2, 0) is 0 Å². The maximum atomic E-state index is 6.27. The molecular formula is C18H19Cl2N3. The fraction of sp³-hybridized carbons (Fsp3) is 0.222. The van der Waals surface area contributed by atoms with E-state index in [1.54, 1.807) is 18.5 Å². The van der Waals surface area contributed by atoms with E-state index in [2.05, 4.69) is 36.0 Å². The quantitative estimate of drug-likeness (QED) is 0.523. The lowest BCUT2D eigenvalue weighted by molar-refractivity contribution is 0.643. The molecule has 0 saturated carbocycles. The summed E-state index contributed by atoms with van der Waals surface area (Å²) >= 11 is 12.5. The Hall–Kier alpha value is -1.84. The predicted molar refractivity (Wildman–Crippen MR) is 101 cm³/mol. The van der Waals surface area contributed by atoms with Crippen LogP contribution >= 0.6 is 23.2 Å². The molecule has 23 heavy (non-hydrogen) atoms. The van der Waals surface area contributed by atoms with Crippen LogP contribution in [-0.4, -0.2) is 31.5 Å². The third kappa shape index (κ3) is 4.57. The van der Waals surface area contributed by atoms with Gasteiger partial charge in [0.2, 0.25) is 0 Å². The topological polar surface area (TPSA) is 28.0 Å². The number of aliphatic imine (C=N–C) groups is 2. The second-order valence-electron chi connectivity index (χ2n) is 5.53. The van der Waals surface area contributed by atoms with E-state index in [1.165, 1.54) is 11.1 Å². The van der Waals surface area contributed by atoms with Crippen molar-refractivity contribution in [1.82, 2.24) is 4.90 Å². The van der Waals surface area contributed by atoms with Gasteiger partial charge in [0.15, 0.2) is 0 Å². The lowest BCUT2D eigenvalue weighted by atomic mass is 10.0. The van der Waals surface area contributed by atoms with Crippen molar-refractivity contribution in [2.45, 2.75) is 13.8 Å². The van der Waals surface area contributed by atoms with E-state index >= 15 is 0 Å². The molecule has 0 aliphatic carbocycles.